The van der Waals surface area contributed by atoms with Gasteiger partial charge in [0, 0.05) is 10.9 Å². The monoisotopic (exact) mass is 353 g/mol. The Morgan fingerprint density at radius 2 is 2.00 bits per heavy atom. The van der Waals surface area contributed by atoms with Gasteiger partial charge in [-0.2, -0.15) is 5.10 Å². The van der Waals surface area contributed by atoms with E-state index in [0.717, 1.165) is 27.7 Å². The highest BCUT2D eigenvalue weighted by Crippen LogP contribution is 2.28. The van der Waals surface area contributed by atoms with Gasteiger partial charge in [0.2, 0.25) is 5.13 Å². The summed E-state index contributed by atoms with van der Waals surface area (Å²) in [5.41, 5.74) is 5.90. The maximum Gasteiger partial charge on any atom is 0.203 e. The predicted octanol–water partition coefficient (Wildman–Crippen LogP) is 4.66. The second-order valence-electron chi connectivity index (χ2n) is 5.12. The molecule has 0 aliphatic rings. The van der Waals surface area contributed by atoms with Gasteiger partial charge >= 0.3 is 0 Å². The van der Waals surface area contributed by atoms with Crippen LogP contribution in [-0.4, -0.2) is 24.9 Å². The first-order chi connectivity index (χ1) is 12.3. The first-order valence-electron chi connectivity index (χ1n) is 7.91. The quantitative estimate of drug-likeness (QED) is 0.496. The predicted molar refractivity (Wildman–Crippen MR) is 103 cm³/mol. The second kappa shape index (κ2) is 8.30. The molecule has 0 aliphatic heterocycles. The van der Waals surface area contributed by atoms with E-state index in [-0.39, 0.29) is 0 Å². The lowest BCUT2D eigenvalue weighted by atomic mass is 10.2. The summed E-state index contributed by atoms with van der Waals surface area (Å²) in [5, 5.41) is 7.00. The maximum atomic E-state index is 5.51. The molecule has 0 fully saturated rings. The molecule has 0 unspecified atom stereocenters. The molecule has 0 saturated carbocycles. The van der Waals surface area contributed by atoms with Crippen molar-refractivity contribution in [2.75, 3.05) is 19.1 Å². The summed E-state index contributed by atoms with van der Waals surface area (Å²) in [7, 11) is 1.62. The van der Waals surface area contributed by atoms with Crippen LogP contribution in [0.4, 0.5) is 5.13 Å². The molecule has 3 rings (SSSR count). The topological polar surface area (TPSA) is 55.7 Å². The molecule has 128 valence electrons. The van der Waals surface area contributed by atoms with Crippen LogP contribution >= 0.6 is 11.3 Å². The minimum absolute atomic E-state index is 0.596. The lowest BCUT2D eigenvalue weighted by Crippen LogP contribution is -1.96. The number of methoxy groups -OCH3 is 1. The molecule has 0 spiro atoms. The Bertz CT molecular complexity index is 847. The zero-order valence-corrected chi connectivity index (χ0v) is 14.9. The number of anilines is 1. The Labute approximate surface area is 151 Å². The van der Waals surface area contributed by atoms with Gasteiger partial charge in [0.15, 0.2) is 11.5 Å². The standard InChI is InChI=1S/C19H19N3O2S/c1-3-24-17-10-9-14(11-18(17)23-2)12-20-22-19-21-16(13-25-19)15-7-5-4-6-8-15/h4-13H,3H2,1-2H3,(H,21,22). The summed E-state index contributed by atoms with van der Waals surface area (Å²) in [4.78, 5) is 4.53. The van der Waals surface area contributed by atoms with E-state index in [0.29, 0.717) is 12.4 Å². The molecule has 0 saturated heterocycles. The minimum Gasteiger partial charge on any atom is -0.493 e. The summed E-state index contributed by atoms with van der Waals surface area (Å²) in [5.74, 6) is 1.41. The van der Waals surface area contributed by atoms with Crippen molar-refractivity contribution in [2.45, 2.75) is 6.92 Å². The molecule has 3 aromatic rings. The van der Waals surface area contributed by atoms with Crippen LogP contribution < -0.4 is 14.9 Å². The van der Waals surface area contributed by atoms with E-state index in [2.05, 4.69) is 15.5 Å². The van der Waals surface area contributed by atoms with Crippen LogP contribution in [0, 0.1) is 0 Å². The van der Waals surface area contributed by atoms with Crippen molar-refractivity contribution in [3.05, 3.63) is 59.5 Å². The van der Waals surface area contributed by atoms with Crippen LogP contribution in [0.1, 0.15) is 12.5 Å². The normalized spacial score (nSPS) is 10.8. The highest BCUT2D eigenvalue weighted by atomic mass is 32.1. The van der Waals surface area contributed by atoms with E-state index in [4.69, 9.17) is 9.47 Å². The highest BCUT2D eigenvalue weighted by molar-refractivity contribution is 7.14. The van der Waals surface area contributed by atoms with Crippen molar-refractivity contribution in [1.29, 1.82) is 0 Å². The number of benzene rings is 2. The van der Waals surface area contributed by atoms with E-state index < -0.39 is 0 Å². The smallest absolute Gasteiger partial charge is 0.203 e. The number of nitrogens with one attached hydrogen (secondary N) is 1. The summed E-state index contributed by atoms with van der Waals surface area (Å²) < 4.78 is 10.8. The highest BCUT2D eigenvalue weighted by Gasteiger charge is 2.05. The number of hydrazone groups is 1. The van der Waals surface area contributed by atoms with Gasteiger partial charge in [-0.25, -0.2) is 4.98 Å². The first-order valence-corrected chi connectivity index (χ1v) is 8.79. The number of ether oxygens (including phenoxy) is 2. The summed E-state index contributed by atoms with van der Waals surface area (Å²) >= 11 is 1.52. The zero-order chi connectivity index (χ0) is 17.5. The summed E-state index contributed by atoms with van der Waals surface area (Å²) in [6.07, 6.45) is 1.72. The van der Waals surface area contributed by atoms with Crippen molar-refractivity contribution in [3.63, 3.8) is 0 Å². The fourth-order valence-corrected chi connectivity index (χ4v) is 2.94. The van der Waals surface area contributed by atoms with Gasteiger partial charge in [-0.05, 0) is 30.7 Å². The van der Waals surface area contributed by atoms with E-state index in [1.807, 2.05) is 60.8 Å². The number of thiazole rings is 1. The van der Waals surface area contributed by atoms with E-state index in [1.165, 1.54) is 11.3 Å². The van der Waals surface area contributed by atoms with E-state index in [9.17, 15) is 0 Å². The molecule has 25 heavy (non-hydrogen) atoms. The Hall–Kier alpha value is -2.86. The summed E-state index contributed by atoms with van der Waals surface area (Å²) in [6, 6.07) is 15.7. The molecule has 1 heterocycles. The molecule has 0 bridgehead atoms. The third kappa shape index (κ3) is 4.36. The minimum atomic E-state index is 0.596. The summed E-state index contributed by atoms with van der Waals surface area (Å²) in [6.45, 7) is 2.54. The van der Waals surface area contributed by atoms with Crippen molar-refractivity contribution >= 4 is 22.7 Å². The van der Waals surface area contributed by atoms with Crippen LogP contribution in [0.3, 0.4) is 0 Å². The van der Waals surface area contributed by atoms with Gasteiger partial charge in [0.1, 0.15) is 0 Å². The third-order valence-corrected chi connectivity index (χ3v) is 4.18. The van der Waals surface area contributed by atoms with E-state index in [1.54, 1.807) is 13.3 Å². The van der Waals surface area contributed by atoms with Gasteiger partial charge in [-0.15, -0.1) is 11.3 Å². The van der Waals surface area contributed by atoms with Gasteiger partial charge < -0.3 is 9.47 Å². The average molecular weight is 353 g/mol. The SMILES string of the molecule is CCOc1ccc(C=NNc2nc(-c3ccccc3)cs2)cc1OC. The van der Waals surface area contributed by atoms with Crippen LogP contribution in [0.15, 0.2) is 59.0 Å². The Morgan fingerprint density at radius 1 is 1.16 bits per heavy atom. The Kier molecular flexibility index (Phi) is 5.64. The number of hydrogen-bond donors (Lipinski definition) is 1. The van der Waals surface area contributed by atoms with Gasteiger partial charge in [-0.3, -0.25) is 5.43 Å². The largest absolute Gasteiger partial charge is 0.493 e. The molecular formula is C19H19N3O2S. The Balaban J connectivity index is 1.66. The van der Waals surface area contributed by atoms with Crippen molar-refractivity contribution in [3.8, 4) is 22.8 Å². The molecule has 0 atom stereocenters. The maximum absolute atomic E-state index is 5.51. The molecule has 0 aliphatic carbocycles. The third-order valence-electron chi connectivity index (χ3n) is 3.44. The number of hydrogen-bond acceptors (Lipinski definition) is 6. The molecular weight excluding hydrogens is 334 g/mol. The molecule has 0 amide bonds. The molecule has 5 nitrogen and oxygen atoms in total. The van der Waals surface area contributed by atoms with Crippen LogP contribution in [0.2, 0.25) is 0 Å². The lowest BCUT2D eigenvalue weighted by molar-refractivity contribution is 0.311. The molecule has 0 radical (unpaired) electrons. The fourth-order valence-electron chi connectivity index (χ4n) is 2.27. The van der Waals surface area contributed by atoms with Crippen LogP contribution in [0.5, 0.6) is 11.5 Å². The van der Waals surface area contributed by atoms with Gasteiger partial charge in [0.05, 0.1) is 25.6 Å². The number of nitrogens with zero attached hydrogens (tertiary/aromatic N) is 2. The van der Waals surface area contributed by atoms with Crippen molar-refractivity contribution in [1.82, 2.24) is 4.98 Å². The van der Waals surface area contributed by atoms with Crippen molar-refractivity contribution in [2.24, 2.45) is 5.10 Å². The number of rotatable bonds is 7. The van der Waals surface area contributed by atoms with Crippen molar-refractivity contribution < 1.29 is 9.47 Å². The average Bonchev–Trinajstić information content (AvgIpc) is 3.13. The lowest BCUT2D eigenvalue weighted by Gasteiger charge is -2.09. The molecule has 6 heteroatoms. The van der Waals surface area contributed by atoms with E-state index >= 15 is 0 Å². The Morgan fingerprint density at radius 3 is 2.76 bits per heavy atom. The molecule has 1 aromatic heterocycles. The van der Waals surface area contributed by atoms with Gasteiger partial charge in [0.25, 0.3) is 0 Å². The zero-order valence-electron chi connectivity index (χ0n) is 14.1. The molecule has 2 aromatic carbocycles. The molecule has 1 N–H and O–H groups in total. The van der Waals surface area contributed by atoms with Crippen LogP contribution in [0.25, 0.3) is 11.3 Å². The number of aromatic nitrogens is 1. The second-order valence-corrected chi connectivity index (χ2v) is 5.98. The fraction of sp³-hybridized carbons (Fsp3) is 0.158. The van der Waals surface area contributed by atoms with Gasteiger partial charge in [-0.1, -0.05) is 30.3 Å². The van der Waals surface area contributed by atoms with Crippen LogP contribution in [-0.2, 0) is 0 Å². The first kappa shape index (κ1) is 17.0.